The van der Waals surface area contributed by atoms with Crippen molar-refractivity contribution in [3.05, 3.63) is 22.0 Å². The van der Waals surface area contributed by atoms with Crippen molar-refractivity contribution < 1.29 is 4.39 Å². The van der Waals surface area contributed by atoms with E-state index in [4.69, 9.17) is 11.1 Å². The number of nitrogens with one attached hydrogen (secondary N) is 1. The van der Waals surface area contributed by atoms with E-state index in [2.05, 4.69) is 15.9 Å². The Hall–Kier alpha value is -0.640. The summed E-state index contributed by atoms with van der Waals surface area (Å²) in [5, 5.41) is 6.99. The normalized spacial score (nSPS) is 14.4. The van der Waals surface area contributed by atoms with Crippen LogP contribution in [0.5, 0.6) is 0 Å². The molecule has 62 valence electrons. The largest absolute Gasteiger partial charge is 0.384 e. The van der Waals surface area contributed by atoms with E-state index in [0.29, 0.717) is 4.48 Å². The van der Waals surface area contributed by atoms with Crippen molar-refractivity contribution in [1.29, 1.82) is 5.41 Å². The maximum atomic E-state index is 13.0. The van der Waals surface area contributed by atoms with Crippen molar-refractivity contribution in [3.8, 4) is 0 Å². The van der Waals surface area contributed by atoms with Crippen molar-refractivity contribution >= 4 is 21.8 Å². The molecule has 0 aromatic rings. The standard InChI is InChI=1S/C7H10BrFN2/c1-3-5(7(10)11)6(9)4(2)8/h3H,1-2H3,(H3,10,11)/b5-3-,6-4?. The average Bonchev–Trinajstić information content (AvgIpc) is 1.88. The lowest BCUT2D eigenvalue weighted by Gasteiger charge is -2.01. The molecule has 0 fully saturated rings. The highest BCUT2D eigenvalue weighted by atomic mass is 79.9. The summed E-state index contributed by atoms with van der Waals surface area (Å²) in [7, 11) is 0. The molecule has 0 radical (unpaired) electrons. The van der Waals surface area contributed by atoms with Crippen LogP contribution >= 0.6 is 15.9 Å². The molecule has 0 saturated carbocycles. The summed E-state index contributed by atoms with van der Waals surface area (Å²) in [4.78, 5) is 0. The molecule has 0 atom stereocenters. The van der Waals surface area contributed by atoms with Gasteiger partial charge in [-0.1, -0.05) is 22.0 Å². The number of nitrogens with two attached hydrogens (primary N) is 1. The van der Waals surface area contributed by atoms with Crippen LogP contribution in [0.25, 0.3) is 0 Å². The first-order chi connectivity index (χ1) is 5.00. The molecule has 0 aliphatic heterocycles. The Morgan fingerprint density at radius 3 is 2.18 bits per heavy atom. The van der Waals surface area contributed by atoms with Gasteiger partial charge in [0.2, 0.25) is 0 Å². The second-order valence-electron chi connectivity index (χ2n) is 1.96. The number of allylic oxidation sites excluding steroid dienone is 2. The fourth-order valence-electron chi connectivity index (χ4n) is 0.586. The van der Waals surface area contributed by atoms with Gasteiger partial charge in [0.15, 0.2) is 0 Å². The lowest BCUT2D eigenvalue weighted by atomic mass is 10.2. The van der Waals surface area contributed by atoms with E-state index in [1.54, 1.807) is 13.8 Å². The summed E-state index contributed by atoms with van der Waals surface area (Å²) in [5.41, 5.74) is 5.23. The molecule has 3 N–H and O–H groups in total. The van der Waals surface area contributed by atoms with Gasteiger partial charge in [-0.25, -0.2) is 4.39 Å². The summed E-state index contributed by atoms with van der Waals surface area (Å²) in [6.07, 6.45) is 1.46. The van der Waals surface area contributed by atoms with Gasteiger partial charge in [0, 0.05) is 10.1 Å². The van der Waals surface area contributed by atoms with Gasteiger partial charge in [-0.05, 0) is 13.8 Å². The third-order valence-electron chi connectivity index (χ3n) is 1.12. The molecule has 0 bridgehead atoms. The first-order valence-corrected chi connectivity index (χ1v) is 3.83. The highest BCUT2D eigenvalue weighted by molar-refractivity contribution is 9.11. The molecule has 0 spiro atoms. The van der Waals surface area contributed by atoms with Crippen LogP contribution in [-0.4, -0.2) is 5.84 Å². The molecule has 0 heterocycles. The Bertz CT molecular complexity index is 227. The van der Waals surface area contributed by atoms with Crippen molar-refractivity contribution in [1.82, 2.24) is 0 Å². The first kappa shape index (κ1) is 10.4. The Kier molecular flexibility index (Phi) is 4.03. The van der Waals surface area contributed by atoms with E-state index in [9.17, 15) is 4.39 Å². The van der Waals surface area contributed by atoms with Crippen molar-refractivity contribution in [2.45, 2.75) is 13.8 Å². The minimum absolute atomic E-state index is 0.124. The summed E-state index contributed by atoms with van der Waals surface area (Å²) < 4.78 is 13.3. The van der Waals surface area contributed by atoms with Crippen LogP contribution in [0.3, 0.4) is 0 Å². The maximum absolute atomic E-state index is 13.0. The molecule has 4 heteroatoms. The van der Waals surface area contributed by atoms with E-state index in [1.807, 2.05) is 0 Å². The van der Waals surface area contributed by atoms with Crippen LogP contribution in [-0.2, 0) is 0 Å². The number of amidine groups is 1. The van der Waals surface area contributed by atoms with Gasteiger partial charge < -0.3 is 5.73 Å². The SMILES string of the molecule is C/C=C(\C(=N)N)C(F)=C(C)Br. The van der Waals surface area contributed by atoms with Gasteiger partial charge in [-0.3, -0.25) is 5.41 Å². The zero-order valence-electron chi connectivity index (χ0n) is 6.41. The summed E-state index contributed by atoms with van der Waals surface area (Å²) in [6, 6.07) is 0. The van der Waals surface area contributed by atoms with Gasteiger partial charge in [0.05, 0.1) is 0 Å². The van der Waals surface area contributed by atoms with Crippen LogP contribution in [0.4, 0.5) is 4.39 Å². The third kappa shape index (κ3) is 2.84. The monoisotopic (exact) mass is 220 g/mol. The van der Waals surface area contributed by atoms with Crippen LogP contribution in [0.15, 0.2) is 22.0 Å². The molecule has 0 aliphatic rings. The topological polar surface area (TPSA) is 49.9 Å². The highest BCUT2D eigenvalue weighted by Crippen LogP contribution is 2.19. The molecule has 0 aliphatic carbocycles. The van der Waals surface area contributed by atoms with E-state index in [-0.39, 0.29) is 11.4 Å². The van der Waals surface area contributed by atoms with Crippen molar-refractivity contribution in [3.63, 3.8) is 0 Å². The van der Waals surface area contributed by atoms with Crippen LogP contribution in [0.1, 0.15) is 13.8 Å². The highest BCUT2D eigenvalue weighted by Gasteiger charge is 2.08. The number of hydrogen-bond acceptors (Lipinski definition) is 1. The predicted molar refractivity (Wildman–Crippen MR) is 48.4 cm³/mol. The molecule has 0 rings (SSSR count). The van der Waals surface area contributed by atoms with Crippen LogP contribution in [0, 0.1) is 5.41 Å². The molecule has 2 nitrogen and oxygen atoms in total. The number of hydrogen-bond donors (Lipinski definition) is 2. The van der Waals surface area contributed by atoms with Gasteiger partial charge in [0.25, 0.3) is 0 Å². The minimum Gasteiger partial charge on any atom is -0.384 e. The Balaban J connectivity index is 4.85. The molecule has 0 saturated heterocycles. The average molecular weight is 221 g/mol. The second-order valence-corrected chi connectivity index (χ2v) is 3.15. The molecular formula is C7H10BrFN2. The summed E-state index contributed by atoms with van der Waals surface area (Å²) >= 11 is 2.96. The lowest BCUT2D eigenvalue weighted by Crippen LogP contribution is -2.13. The molecule has 0 aromatic carbocycles. The Morgan fingerprint density at radius 1 is 1.64 bits per heavy atom. The lowest BCUT2D eigenvalue weighted by molar-refractivity contribution is 0.655. The minimum atomic E-state index is -0.486. The quantitative estimate of drug-likeness (QED) is 0.420. The summed E-state index contributed by atoms with van der Waals surface area (Å²) in [5.74, 6) is -0.746. The Labute approximate surface area is 73.6 Å². The van der Waals surface area contributed by atoms with Crippen molar-refractivity contribution in [2.75, 3.05) is 0 Å². The number of halogens is 2. The van der Waals surface area contributed by atoms with Gasteiger partial charge in [-0.15, -0.1) is 0 Å². The smallest absolute Gasteiger partial charge is 0.143 e. The molecule has 0 unspecified atom stereocenters. The maximum Gasteiger partial charge on any atom is 0.143 e. The Morgan fingerprint density at radius 2 is 2.09 bits per heavy atom. The van der Waals surface area contributed by atoms with Gasteiger partial charge >= 0.3 is 0 Å². The first-order valence-electron chi connectivity index (χ1n) is 3.03. The fraction of sp³-hybridized carbons (Fsp3) is 0.286. The molecule has 11 heavy (non-hydrogen) atoms. The third-order valence-corrected chi connectivity index (χ3v) is 1.47. The van der Waals surface area contributed by atoms with E-state index in [0.717, 1.165) is 0 Å². The van der Waals surface area contributed by atoms with E-state index < -0.39 is 5.83 Å². The van der Waals surface area contributed by atoms with Crippen molar-refractivity contribution in [2.24, 2.45) is 5.73 Å². The predicted octanol–water partition coefficient (Wildman–Crippen LogP) is 2.46. The zero-order valence-corrected chi connectivity index (χ0v) is 8.00. The molecule has 0 amide bonds. The second kappa shape index (κ2) is 4.28. The van der Waals surface area contributed by atoms with E-state index in [1.165, 1.54) is 6.08 Å². The van der Waals surface area contributed by atoms with E-state index >= 15 is 0 Å². The van der Waals surface area contributed by atoms with Gasteiger partial charge in [0.1, 0.15) is 11.7 Å². The van der Waals surface area contributed by atoms with Gasteiger partial charge in [-0.2, -0.15) is 0 Å². The fourth-order valence-corrected chi connectivity index (χ4v) is 0.800. The molecule has 0 aromatic heterocycles. The van der Waals surface area contributed by atoms with Crippen LogP contribution in [0.2, 0.25) is 0 Å². The number of rotatable bonds is 2. The summed E-state index contributed by atoms with van der Waals surface area (Å²) in [6.45, 7) is 3.19. The van der Waals surface area contributed by atoms with Crippen LogP contribution < -0.4 is 5.73 Å². The zero-order chi connectivity index (χ0) is 9.02. The molecular weight excluding hydrogens is 211 g/mol.